The molecule has 1 N–H and O–H groups in total. The molecule has 1 heterocycles. The van der Waals surface area contributed by atoms with Gasteiger partial charge in [0.25, 0.3) is 0 Å². The molecule has 0 bridgehead atoms. The maximum absolute atomic E-state index is 9.87. The Balaban J connectivity index is 0.000000211. The first-order valence-corrected chi connectivity index (χ1v) is 3.31. The Bertz CT molecular complexity index is 196. The van der Waals surface area contributed by atoms with E-state index in [1.807, 2.05) is 12.1 Å². The summed E-state index contributed by atoms with van der Waals surface area (Å²) in [6.07, 6.45) is 2.89. The first-order chi connectivity index (χ1) is 5.63. The van der Waals surface area contributed by atoms with Crippen LogP contribution in [0.1, 0.15) is 13.3 Å². The Morgan fingerprint density at radius 3 is 1.92 bits per heavy atom. The van der Waals surface area contributed by atoms with Crippen LogP contribution in [-0.4, -0.2) is 16.9 Å². The third-order valence-electron chi connectivity index (χ3n) is 0.826. The first kappa shape index (κ1) is 10.4. The fourth-order valence-electron chi connectivity index (χ4n) is 0.440. The quantitative estimate of drug-likeness (QED) is 0.680. The smallest absolute Gasteiger partial charge is 0.310 e. The van der Waals surface area contributed by atoms with Crippen LogP contribution in [0.5, 0.6) is 0 Å². The Morgan fingerprint density at radius 2 is 1.83 bits per heavy atom. The fourth-order valence-corrected chi connectivity index (χ4v) is 0.440. The maximum atomic E-state index is 9.87. The van der Waals surface area contributed by atoms with Crippen LogP contribution in [0.2, 0.25) is 0 Å². The number of hydrogen-bond donors (Lipinski definition) is 1. The number of rotatable bonds is 2. The summed E-state index contributed by atoms with van der Waals surface area (Å²) in [6.45, 7) is 1.24. The molecule has 0 amide bonds. The zero-order valence-electron chi connectivity index (χ0n) is 6.69. The number of hydrogen-bond acceptors (Lipinski definition) is 3. The molecule has 0 spiro atoms. The summed E-state index contributed by atoms with van der Waals surface area (Å²) in [5, 5.41) is 7.86. The van der Waals surface area contributed by atoms with Gasteiger partial charge in [-0.2, -0.15) is 0 Å². The van der Waals surface area contributed by atoms with Gasteiger partial charge in [-0.05, 0) is 19.1 Å². The standard InChI is InChI=1S/C4H6O3.C4H4O/c1-3(5)2-4(6)7;1-2-4-5-3-1/h2H2,1H3,(H,6,7);1-4H. The third-order valence-corrected chi connectivity index (χ3v) is 0.826. The number of Topliss-reactive ketones (excluding diaryl/α,β-unsaturated/α-hetero) is 1. The second-order valence-electron chi connectivity index (χ2n) is 2.07. The van der Waals surface area contributed by atoms with Gasteiger partial charge >= 0.3 is 5.97 Å². The number of aliphatic carboxylic acids is 1. The molecule has 1 aromatic heterocycles. The zero-order chi connectivity index (χ0) is 9.40. The molecule has 0 saturated heterocycles. The van der Waals surface area contributed by atoms with E-state index in [0.717, 1.165) is 0 Å². The molecule has 0 saturated carbocycles. The largest absolute Gasteiger partial charge is 0.481 e. The van der Waals surface area contributed by atoms with Crippen molar-refractivity contribution < 1.29 is 19.1 Å². The molecule has 0 aromatic carbocycles. The molecule has 0 aliphatic rings. The second kappa shape index (κ2) is 6.15. The van der Waals surface area contributed by atoms with Crippen molar-refractivity contribution in [2.45, 2.75) is 13.3 Å². The lowest BCUT2D eigenvalue weighted by molar-refractivity contribution is -0.139. The highest BCUT2D eigenvalue weighted by Crippen LogP contribution is 1.79. The average Bonchev–Trinajstić information content (AvgIpc) is 2.36. The predicted octanol–water partition coefficient (Wildman–Crippen LogP) is 1.33. The lowest BCUT2D eigenvalue weighted by atomic mass is 10.3. The van der Waals surface area contributed by atoms with Crippen molar-refractivity contribution in [1.82, 2.24) is 0 Å². The minimum atomic E-state index is -1.06. The van der Waals surface area contributed by atoms with Gasteiger partial charge in [0.05, 0.1) is 12.5 Å². The summed E-state index contributed by atoms with van der Waals surface area (Å²) in [5.74, 6) is -1.37. The number of ketones is 1. The van der Waals surface area contributed by atoms with Gasteiger partial charge < -0.3 is 9.52 Å². The Hall–Kier alpha value is -1.58. The lowest BCUT2D eigenvalue weighted by Crippen LogP contribution is -2.00. The van der Waals surface area contributed by atoms with Crippen LogP contribution < -0.4 is 0 Å². The van der Waals surface area contributed by atoms with Crippen LogP contribution in [0.4, 0.5) is 0 Å². The summed E-state index contributed by atoms with van der Waals surface area (Å²) in [5.41, 5.74) is 0. The molecular weight excluding hydrogens is 160 g/mol. The Kier molecular flexibility index (Phi) is 5.34. The zero-order valence-corrected chi connectivity index (χ0v) is 6.69. The summed E-state index contributed by atoms with van der Waals surface area (Å²) in [4.78, 5) is 19.5. The molecule has 0 unspecified atom stereocenters. The van der Waals surface area contributed by atoms with Crippen LogP contribution >= 0.6 is 0 Å². The van der Waals surface area contributed by atoms with E-state index in [-0.39, 0.29) is 12.2 Å². The molecule has 1 aromatic rings. The van der Waals surface area contributed by atoms with Crippen LogP contribution in [0.15, 0.2) is 29.1 Å². The van der Waals surface area contributed by atoms with Gasteiger partial charge in [0, 0.05) is 0 Å². The van der Waals surface area contributed by atoms with E-state index in [1.165, 1.54) is 6.92 Å². The van der Waals surface area contributed by atoms with Crippen molar-refractivity contribution in [3.05, 3.63) is 24.7 Å². The highest BCUT2D eigenvalue weighted by Gasteiger charge is 1.98. The third kappa shape index (κ3) is 8.42. The van der Waals surface area contributed by atoms with Gasteiger partial charge in [-0.3, -0.25) is 9.59 Å². The number of carboxylic acid groups (broad SMARTS) is 1. The van der Waals surface area contributed by atoms with Gasteiger partial charge in [0.1, 0.15) is 12.2 Å². The Labute approximate surface area is 69.8 Å². The number of carbonyl (C=O) groups is 2. The van der Waals surface area contributed by atoms with Crippen LogP contribution in [0.3, 0.4) is 0 Å². The van der Waals surface area contributed by atoms with Crippen molar-refractivity contribution in [1.29, 1.82) is 0 Å². The van der Waals surface area contributed by atoms with Crippen molar-refractivity contribution in [3.63, 3.8) is 0 Å². The van der Waals surface area contributed by atoms with E-state index in [1.54, 1.807) is 12.5 Å². The number of carbonyl (C=O) groups excluding carboxylic acids is 1. The topological polar surface area (TPSA) is 67.5 Å². The molecule has 12 heavy (non-hydrogen) atoms. The van der Waals surface area contributed by atoms with E-state index in [0.29, 0.717) is 0 Å². The molecular formula is C8H10O4. The fraction of sp³-hybridized carbons (Fsp3) is 0.250. The molecule has 0 aliphatic heterocycles. The lowest BCUT2D eigenvalue weighted by Gasteiger charge is -1.80. The highest BCUT2D eigenvalue weighted by molar-refractivity contribution is 5.93. The van der Waals surface area contributed by atoms with Crippen LogP contribution in [-0.2, 0) is 9.59 Å². The van der Waals surface area contributed by atoms with E-state index >= 15 is 0 Å². The number of furan rings is 1. The minimum absolute atomic E-state index is 0.312. The van der Waals surface area contributed by atoms with E-state index in [4.69, 9.17) is 5.11 Å². The SMILES string of the molecule is CC(=O)CC(=O)O.c1ccoc1. The molecule has 1 rings (SSSR count). The molecule has 0 aliphatic carbocycles. The van der Waals surface area contributed by atoms with Crippen LogP contribution in [0, 0.1) is 0 Å². The van der Waals surface area contributed by atoms with Gasteiger partial charge in [-0.25, -0.2) is 0 Å². The average molecular weight is 170 g/mol. The second-order valence-corrected chi connectivity index (χ2v) is 2.07. The van der Waals surface area contributed by atoms with Gasteiger partial charge in [0.2, 0.25) is 0 Å². The molecule has 66 valence electrons. The Morgan fingerprint density at radius 1 is 1.33 bits per heavy atom. The first-order valence-electron chi connectivity index (χ1n) is 3.31. The van der Waals surface area contributed by atoms with Crippen molar-refractivity contribution >= 4 is 11.8 Å². The molecule has 4 heteroatoms. The van der Waals surface area contributed by atoms with Crippen molar-refractivity contribution in [2.24, 2.45) is 0 Å². The van der Waals surface area contributed by atoms with E-state index in [2.05, 4.69) is 4.42 Å². The van der Waals surface area contributed by atoms with Gasteiger partial charge in [0.15, 0.2) is 0 Å². The summed E-state index contributed by atoms with van der Waals surface area (Å²) in [7, 11) is 0. The van der Waals surface area contributed by atoms with Crippen molar-refractivity contribution in [3.8, 4) is 0 Å². The van der Waals surface area contributed by atoms with Gasteiger partial charge in [-0.1, -0.05) is 0 Å². The van der Waals surface area contributed by atoms with E-state index < -0.39 is 5.97 Å². The van der Waals surface area contributed by atoms with Crippen molar-refractivity contribution in [2.75, 3.05) is 0 Å². The van der Waals surface area contributed by atoms with Gasteiger partial charge in [-0.15, -0.1) is 0 Å². The predicted molar refractivity (Wildman–Crippen MR) is 41.6 cm³/mol. The molecule has 4 nitrogen and oxygen atoms in total. The summed E-state index contributed by atoms with van der Waals surface area (Å²) >= 11 is 0. The summed E-state index contributed by atoms with van der Waals surface area (Å²) < 4.78 is 4.58. The maximum Gasteiger partial charge on any atom is 0.310 e. The molecule has 0 atom stereocenters. The van der Waals surface area contributed by atoms with E-state index in [9.17, 15) is 9.59 Å². The normalized spacial score (nSPS) is 8.08. The minimum Gasteiger partial charge on any atom is -0.481 e. The number of carboxylic acids is 1. The molecule has 0 radical (unpaired) electrons. The highest BCUT2D eigenvalue weighted by atomic mass is 16.4. The monoisotopic (exact) mass is 170 g/mol. The van der Waals surface area contributed by atoms with Crippen LogP contribution in [0.25, 0.3) is 0 Å². The summed E-state index contributed by atoms with van der Waals surface area (Å²) in [6, 6.07) is 3.67. The molecule has 0 fully saturated rings.